The first-order chi connectivity index (χ1) is 14.8. The molecule has 0 aliphatic heterocycles. The predicted octanol–water partition coefficient (Wildman–Crippen LogP) is 4.16. The average molecular weight is 424 g/mol. The van der Waals surface area contributed by atoms with Gasteiger partial charge in [0.05, 0.1) is 17.9 Å². The van der Waals surface area contributed by atoms with E-state index in [9.17, 15) is 4.79 Å². The molecule has 1 aliphatic carbocycles. The minimum atomic E-state index is -0.514. The van der Waals surface area contributed by atoms with Crippen LogP contribution in [0.2, 0.25) is 0 Å². The summed E-state index contributed by atoms with van der Waals surface area (Å²) in [6.07, 6.45) is 3.53. The largest absolute Gasteiger partial charge is 0.443 e. The van der Waals surface area contributed by atoms with E-state index in [4.69, 9.17) is 4.74 Å². The summed E-state index contributed by atoms with van der Waals surface area (Å²) in [6.45, 7) is 8.95. The number of aryl methyl sites for hydroxylation is 1. The summed E-state index contributed by atoms with van der Waals surface area (Å²) in [4.78, 5) is 23.2. The summed E-state index contributed by atoms with van der Waals surface area (Å²) in [6, 6.07) is 12.2. The molecule has 1 aliphatic rings. The van der Waals surface area contributed by atoms with Gasteiger partial charge >= 0.3 is 6.09 Å². The Balaban J connectivity index is 1.62. The monoisotopic (exact) mass is 423 g/mol. The fourth-order valence-corrected chi connectivity index (χ4v) is 3.27. The summed E-state index contributed by atoms with van der Waals surface area (Å²) < 4.78 is 5.64. The molecule has 1 saturated carbocycles. The van der Waals surface area contributed by atoms with Crippen LogP contribution < -0.4 is 15.5 Å². The standard InChI is InChI=1S/C24H33N5O2/c1-17-14-18(15-27-22(25-5)28-16-19-8-6-7-13-26-19)9-12-21(17)29(20-10-11-20)23(30)31-24(2,3)4/h6-9,12-14,20H,10-11,15-16H2,1-5H3,(H2,25,27,28). The van der Waals surface area contributed by atoms with Gasteiger partial charge in [-0.1, -0.05) is 18.2 Å². The number of aromatic nitrogens is 1. The van der Waals surface area contributed by atoms with Crippen molar-refractivity contribution in [3.05, 3.63) is 59.4 Å². The molecule has 166 valence electrons. The Labute approximate surface area is 184 Å². The first-order valence-electron chi connectivity index (χ1n) is 10.7. The van der Waals surface area contributed by atoms with Crippen molar-refractivity contribution in [1.82, 2.24) is 15.6 Å². The minimum absolute atomic E-state index is 0.229. The second-order valence-corrected chi connectivity index (χ2v) is 8.80. The summed E-state index contributed by atoms with van der Waals surface area (Å²) in [7, 11) is 1.75. The van der Waals surface area contributed by atoms with Crippen LogP contribution in [0.25, 0.3) is 0 Å². The van der Waals surface area contributed by atoms with Crippen LogP contribution in [0.1, 0.15) is 50.4 Å². The van der Waals surface area contributed by atoms with E-state index in [0.717, 1.165) is 35.3 Å². The number of hydrogen-bond acceptors (Lipinski definition) is 4. The maximum Gasteiger partial charge on any atom is 0.415 e. The zero-order chi connectivity index (χ0) is 22.4. The van der Waals surface area contributed by atoms with Gasteiger partial charge in [-0.05, 0) is 69.9 Å². The Hall–Kier alpha value is -3.09. The van der Waals surface area contributed by atoms with E-state index in [-0.39, 0.29) is 12.1 Å². The molecule has 1 heterocycles. The average Bonchev–Trinajstić information content (AvgIpc) is 3.54. The molecule has 1 aromatic carbocycles. The highest BCUT2D eigenvalue weighted by Gasteiger charge is 2.37. The number of nitrogens with one attached hydrogen (secondary N) is 2. The van der Waals surface area contributed by atoms with E-state index in [1.807, 2.05) is 62.9 Å². The van der Waals surface area contributed by atoms with Crippen LogP contribution in [-0.4, -0.2) is 35.7 Å². The molecule has 0 saturated heterocycles. The molecule has 0 bridgehead atoms. The fraction of sp³-hybridized carbons (Fsp3) is 0.458. The molecule has 0 atom stereocenters. The van der Waals surface area contributed by atoms with Crippen molar-refractivity contribution >= 4 is 17.7 Å². The molecular formula is C24H33N5O2. The van der Waals surface area contributed by atoms with Crippen LogP contribution in [0.5, 0.6) is 0 Å². The smallest absolute Gasteiger partial charge is 0.415 e. The van der Waals surface area contributed by atoms with Gasteiger partial charge in [-0.25, -0.2) is 4.79 Å². The number of guanidine groups is 1. The number of amides is 1. The summed E-state index contributed by atoms with van der Waals surface area (Å²) in [5, 5.41) is 6.59. The van der Waals surface area contributed by atoms with Gasteiger partial charge in [0.15, 0.2) is 5.96 Å². The number of aliphatic imine (C=N–C) groups is 1. The third-order valence-corrected chi connectivity index (χ3v) is 4.87. The van der Waals surface area contributed by atoms with E-state index < -0.39 is 5.60 Å². The van der Waals surface area contributed by atoms with E-state index >= 15 is 0 Å². The van der Waals surface area contributed by atoms with Crippen molar-refractivity contribution in [3.8, 4) is 0 Å². The van der Waals surface area contributed by atoms with Crippen LogP contribution >= 0.6 is 0 Å². The lowest BCUT2D eigenvalue weighted by molar-refractivity contribution is 0.0577. The van der Waals surface area contributed by atoms with Crippen LogP contribution in [0, 0.1) is 6.92 Å². The van der Waals surface area contributed by atoms with E-state index in [1.165, 1.54) is 0 Å². The lowest BCUT2D eigenvalue weighted by atomic mass is 10.1. The Morgan fingerprint density at radius 1 is 1.19 bits per heavy atom. The Bertz CT molecular complexity index is 917. The zero-order valence-electron chi connectivity index (χ0n) is 19.1. The Kier molecular flexibility index (Phi) is 7.15. The van der Waals surface area contributed by atoms with Crippen molar-refractivity contribution in [1.29, 1.82) is 0 Å². The molecule has 1 fully saturated rings. The molecule has 3 rings (SSSR count). The van der Waals surface area contributed by atoms with Crippen molar-refractivity contribution in [2.24, 2.45) is 4.99 Å². The molecule has 7 heteroatoms. The molecule has 0 unspecified atom stereocenters. The number of carbonyl (C=O) groups excluding carboxylic acids is 1. The highest BCUT2D eigenvalue weighted by molar-refractivity contribution is 5.90. The highest BCUT2D eigenvalue weighted by Crippen LogP contribution is 2.35. The van der Waals surface area contributed by atoms with Crippen LogP contribution in [0.4, 0.5) is 10.5 Å². The fourth-order valence-electron chi connectivity index (χ4n) is 3.27. The van der Waals surface area contributed by atoms with Crippen molar-refractivity contribution < 1.29 is 9.53 Å². The molecular weight excluding hydrogens is 390 g/mol. The summed E-state index contributed by atoms with van der Waals surface area (Å²) in [5.74, 6) is 0.709. The molecule has 7 nitrogen and oxygen atoms in total. The molecule has 1 aromatic heterocycles. The maximum atomic E-state index is 12.8. The Morgan fingerprint density at radius 2 is 1.94 bits per heavy atom. The first kappa shape index (κ1) is 22.6. The quantitative estimate of drug-likeness (QED) is 0.539. The van der Waals surface area contributed by atoms with Gasteiger partial charge in [-0.2, -0.15) is 0 Å². The van der Waals surface area contributed by atoms with Crippen LogP contribution in [-0.2, 0) is 17.8 Å². The Morgan fingerprint density at radius 3 is 2.52 bits per heavy atom. The van der Waals surface area contributed by atoms with E-state index in [0.29, 0.717) is 19.0 Å². The van der Waals surface area contributed by atoms with Gasteiger partial charge in [0.2, 0.25) is 0 Å². The number of nitrogens with zero attached hydrogens (tertiary/aromatic N) is 3. The number of hydrogen-bond donors (Lipinski definition) is 2. The number of carbonyl (C=O) groups is 1. The summed E-state index contributed by atoms with van der Waals surface area (Å²) >= 11 is 0. The van der Waals surface area contributed by atoms with Crippen molar-refractivity contribution in [2.45, 2.75) is 65.3 Å². The van der Waals surface area contributed by atoms with Crippen molar-refractivity contribution in [3.63, 3.8) is 0 Å². The third-order valence-electron chi connectivity index (χ3n) is 4.87. The number of ether oxygens (including phenoxy) is 1. The normalized spacial score (nSPS) is 14.2. The van der Waals surface area contributed by atoms with Gasteiger partial charge in [0.25, 0.3) is 0 Å². The predicted molar refractivity (Wildman–Crippen MR) is 124 cm³/mol. The molecule has 1 amide bonds. The zero-order valence-corrected chi connectivity index (χ0v) is 19.1. The van der Waals surface area contributed by atoms with E-state index in [1.54, 1.807) is 13.2 Å². The molecule has 2 aromatic rings. The second-order valence-electron chi connectivity index (χ2n) is 8.80. The molecule has 0 spiro atoms. The number of rotatable bonds is 6. The maximum absolute atomic E-state index is 12.8. The number of benzene rings is 1. The van der Waals surface area contributed by atoms with Crippen molar-refractivity contribution in [2.75, 3.05) is 11.9 Å². The van der Waals surface area contributed by atoms with Gasteiger partial charge in [0.1, 0.15) is 5.60 Å². The second kappa shape index (κ2) is 9.81. The lowest BCUT2D eigenvalue weighted by Gasteiger charge is -2.28. The highest BCUT2D eigenvalue weighted by atomic mass is 16.6. The van der Waals surface area contributed by atoms with Crippen LogP contribution in [0.3, 0.4) is 0 Å². The van der Waals surface area contributed by atoms with E-state index in [2.05, 4.69) is 26.7 Å². The van der Waals surface area contributed by atoms with Gasteiger partial charge in [-0.3, -0.25) is 14.9 Å². The summed E-state index contributed by atoms with van der Waals surface area (Å²) in [5.41, 5.74) is 3.52. The molecule has 31 heavy (non-hydrogen) atoms. The van der Waals surface area contributed by atoms with Gasteiger partial charge in [-0.15, -0.1) is 0 Å². The topological polar surface area (TPSA) is 78.9 Å². The number of anilines is 1. The SMILES string of the molecule is CN=C(NCc1ccc(N(C(=O)OC(C)(C)C)C2CC2)c(C)c1)NCc1ccccn1. The number of pyridine rings is 1. The molecule has 2 N–H and O–H groups in total. The lowest BCUT2D eigenvalue weighted by Crippen LogP contribution is -2.39. The third kappa shape index (κ3) is 6.70. The minimum Gasteiger partial charge on any atom is -0.443 e. The van der Waals surface area contributed by atoms with Gasteiger partial charge < -0.3 is 15.4 Å². The molecule has 0 radical (unpaired) electrons. The van der Waals surface area contributed by atoms with Crippen LogP contribution in [0.15, 0.2) is 47.6 Å². The van der Waals surface area contributed by atoms with Gasteiger partial charge in [0, 0.05) is 25.8 Å². The first-order valence-corrected chi connectivity index (χ1v) is 10.7.